The third kappa shape index (κ3) is 3.44. The Morgan fingerprint density at radius 2 is 1.44 bits per heavy atom. The Hall–Kier alpha value is -2.98. The summed E-state index contributed by atoms with van der Waals surface area (Å²) in [5, 5.41) is 12.1. The van der Waals surface area contributed by atoms with E-state index < -0.39 is 0 Å². The summed E-state index contributed by atoms with van der Waals surface area (Å²) in [4.78, 5) is 0. The predicted molar refractivity (Wildman–Crippen MR) is 101 cm³/mol. The second kappa shape index (κ2) is 6.87. The summed E-state index contributed by atoms with van der Waals surface area (Å²) in [6.07, 6.45) is 0. The molecule has 1 aliphatic heterocycles. The molecule has 0 amide bonds. The molecule has 0 radical (unpaired) electrons. The molecule has 0 aromatic heterocycles. The summed E-state index contributed by atoms with van der Waals surface area (Å²) in [6.45, 7) is 0.547. The van der Waals surface area contributed by atoms with Crippen molar-refractivity contribution in [1.82, 2.24) is 0 Å². The molecule has 0 spiro atoms. The number of benzene rings is 3. The van der Waals surface area contributed by atoms with E-state index in [2.05, 4.69) is 0 Å². The van der Waals surface area contributed by atoms with Crippen LogP contribution in [0, 0.1) is 0 Å². The zero-order valence-electron chi connectivity index (χ0n) is 13.5. The van der Waals surface area contributed by atoms with Gasteiger partial charge in [-0.25, -0.2) is 5.01 Å². The highest BCUT2D eigenvalue weighted by atomic mass is 35.5. The van der Waals surface area contributed by atoms with Gasteiger partial charge in [0.05, 0.1) is 5.69 Å². The summed E-state index contributed by atoms with van der Waals surface area (Å²) >= 11 is 6.01. The molecule has 3 aromatic rings. The molecule has 1 heterocycles. The molecular formula is C20H16ClN4+. The molecule has 0 unspecified atom stereocenters. The summed E-state index contributed by atoms with van der Waals surface area (Å²) in [5.74, 6) is 0.649. The first-order chi connectivity index (χ1) is 12.3. The average molecular weight is 348 g/mol. The van der Waals surface area contributed by atoms with Crippen LogP contribution in [-0.4, -0.2) is 17.2 Å². The normalized spacial score (nSPS) is 14.0. The van der Waals surface area contributed by atoms with Crippen LogP contribution in [0.15, 0.2) is 95.1 Å². The molecule has 3 aromatic carbocycles. The molecule has 0 N–H and O–H groups in total. The van der Waals surface area contributed by atoms with Crippen molar-refractivity contribution in [2.45, 2.75) is 0 Å². The number of hydrogen-bond donors (Lipinski definition) is 0. The Kier molecular flexibility index (Phi) is 4.27. The van der Waals surface area contributed by atoms with Crippen molar-refractivity contribution in [2.75, 3.05) is 11.7 Å². The van der Waals surface area contributed by atoms with Gasteiger partial charge in [0.2, 0.25) is 11.5 Å². The van der Waals surface area contributed by atoms with Crippen LogP contribution in [0.4, 0.5) is 11.4 Å². The first-order valence-electron chi connectivity index (χ1n) is 8.01. The average Bonchev–Trinajstić information content (AvgIpc) is 2.69. The van der Waals surface area contributed by atoms with Crippen molar-refractivity contribution in [1.29, 1.82) is 0 Å². The number of halogens is 1. The van der Waals surface area contributed by atoms with Crippen molar-refractivity contribution in [3.8, 4) is 0 Å². The highest BCUT2D eigenvalue weighted by Crippen LogP contribution is 2.23. The van der Waals surface area contributed by atoms with Crippen LogP contribution in [0.1, 0.15) is 5.56 Å². The number of rotatable bonds is 3. The van der Waals surface area contributed by atoms with Gasteiger partial charge in [-0.2, -0.15) is 0 Å². The fourth-order valence-corrected chi connectivity index (χ4v) is 2.76. The van der Waals surface area contributed by atoms with E-state index in [4.69, 9.17) is 21.8 Å². The summed E-state index contributed by atoms with van der Waals surface area (Å²) < 4.78 is 1.95. The monoisotopic (exact) mass is 347 g/mol. The summed E-state index contributed by atoms with van der Waals surface area (Å²) in [7, 11) is 0. The largest absolute Gasteiger partial charge is 0.269 e. The van der Waals surface area contributed by atoms with E-state index in [-0.39, 0.29) is 0 Å². The van der Waals surface area contributed by atoms with Gasteiger partial charge in [0.25, 0.3) is 6.67 Å². The van der Waals surface area contributed by atoms with Crippen molar-refractivity contribution in [2.24, 2.45) is 10.2 Å². The third-order valence-electron chi connectivity index (χ3n) is 3.91. The van der Waals surface area contributed by atoms with Gasteiger partial charge in [0.15, 0.2) is 0 Å². The molecule has 0 saturated heterocycles. The van der Waals surface area contributed by atoms with Gasteiger partial charge < -0.3 is 0 Å². The molecule has 0 saturated carbocycles. The van der Waals surface area contributed by atoms with Crippen molar-refractivity contribution < 1.29 is 4.70 Å². The van der Waals surface area contributed by atoms with Gasteiger partial charge >= 0.3 is 0 Å². The maximum absolute atomic E-state index is 6.01. The molecule has 0 atom stereocenters. The molecule has 4 rings (SSSR count). The summed E-state index contributed by atoms with van der Waals surface area (Å²) in [6, 6.07) is 27.7. The first kappa shape index (κ1) is 15.5. The van der Waals surface area contributed by atoms with Gasteiger partial charge in [-0.3, -0.25) is 0 Å². The quantitative estimate of drug-likeness (QED) is 0.593. The lowest BCUT2D eigenvalue weighted by molar-refractivity contribution is -0.508. The van der Waals surface area contributed by atoms with Gasteiger partial charge in [-0.1, -0.05) is 52.7 Å². The molecule has 0 aliphatic carbocycles. The lowest BCUT2D eigenvalue weighted by atomic mass is 10.2. The molecule has 4 nitrogen and oxygen atoms in total. The minimum Gasteiger partial charge on any atom is -0.201 e. The van der Waals surface area contributed by atoms with Crippen LogP contribution in [0.2, 0.25) is 5.02 Å². The van der Waals surface area contributed by atoms with Crippen LogP contribution < -0.4 is 5.01 Å². The fraction of sp³-hybridized carbons (Fsp3) is 0.0500. The molecule has 25 heavy (non-hydrogen) atoms. The zero-order chi connectivity index (χ0) is 17.1. The smallest absolute Gasteiger partial charge is 0.201 e. The zero-order valence-corrected chi connectivity index (χ0v) is 14.2. The number of hydrazone groups is 1. The fourth-order valence-electron chi connectivity index (χ4n) is 2.63. The van der Waals surface area contributed by atoms with Crippen LogP contribution in [0.3, 0.4) is 0 Å². The minimum absolute atomic E-state index is 0.547. The number of para-hydroxylation sites is 2. The first-order valence-corrected chi connectivity index (χ1v) is 8.39. The molecule has 1 aliphatic rings. The molecule has 0 bridgehead atoms. The van der Waals surface area contributed by atoms with Crippen molar-refractivity contribution >= 4 is 28.8 Å². The highest BCUT2D eigenvalue weighted by Gasteiger charge is 2.25. The maximum atomic E-state index is 6.01. The second-order valence-electron chi connectivity index (χ2n) is 5.64. The standard InChI is InChI=1S/C20H16ClN4/c21-17-13-11-16(12-14-17)20-22-24(18-7-3-1-4-8-18)15-25(23-20)19-9-5-2-6-10-19/h1-14H,15H2/q+1. The van der Waals surface area contributed by atoms with E-state index in [1.54, 1.807) is 0 Å². The molecule has 5 heteroatoms. The number of amidine groups is 1. The lowest BCUT2D eigenvalue weighted by Crippen LogP contribution is -2.31. The van der Waals surface area contributed by atoms with Crippen molar-refractivity contribution in [3.63, 3.8) is 0 Å². The number of anilines is 1. The van der Waals surface area contributed by atoms with Gasteiger partial charge in [0.1, 0.15) is 0 Å². The SMILES string of the molecule is Clc1ccc(C2=NN(c3ccccc3)C[N+](c3ccccc3)=N2)cc1. The molecule has 122 valence electrons. The van der Waals surface area contributed by atoms with Crippen LogP contribution in [-0.2, 0) is 0 Å². The van der Waals surface area contributed by atoms with E-state index in [0.717, 1.165) is 16.9 Å². The summed E-state index contributed by atoms with van der Waals surface area (Å²) in [5.41, 5.74) is 2.96. The molecular weight excluding hydrogens is 332 g/mol. The van der Waals surface area contributed by atoms with E-state index in [0.29, 0.717) is 17.5 Å². The van der Waals surface area contributed by atoms with E-state index in [9.17, 15) is 0 Å². The third-order valence-corrected chi connectivity index (χ3v) is 4.16. The predicted octanol–water partition coefficient (Wildman–Crippen LogP) is 5.28. The number of nitrogens with zero attached hydrogens (tertiary/aromatic N) is 4. The van der Waals surface area contributed by atoms with Crippen LogP contribution in [0.5, 0.6) is 0 Å². The van der Waals surface area contributed by atoms with Crippen LogP contribution >= 0.6 is 11.6 Å². The van der Waals surface area contributed by atoms with Gasteiger partial charge in [0, 0.05) is 27.8 Å². The van der Waals surface area contributed by atoms with E-state index in [1.807, 2.05) is 94.6 Å². The van der Waals surface area contributed by atoms with Gasteiger partial charge in [-0.05, 0) is 36.4 Å². The van der Waals surface area contributed by atoms with Crippen molar-refractivity contribution in [3.05, 3.63) is 95.5 Å². The topological polar surface area (TPSA) is 31.0 Å². The number of hydrogen-bond acceptors (Lipinski definition) is 3. The Bertz CT molecular complexity index is 919. The van der Waals surface area contributed by atoms with E-state index >= 15 is 0 Å². The maximum Gasteiger partial charge on any atom is 0.269 e. The Morgan fingerprint density at radius 1 is 0.800 bits per heavy atom. The Balaban J connectivity index is 1.78. The second-order valence-corrected chi connectivity index (χ2v) is 6.08. The lowest BCUT2D eigenvalue weighted by Gasteiger charge is -2.20. The highest BCUT2D eigenvalue weighted by molar-refractivity contribution is 6.30. The van der Waals surface area contributed by atoms with Crippen LogP contribution in [0.25, 0.3) is 0 Å². The Morgan fingerprint density at radius 3 is 2.12 bits per heavy atom. The minimum atomic E-state index is 0.547. The molecule has 0 fully saturated rings. The van der Waals surface area contributed by atoms with Gasteiger partial charge in [-0.15, -0.1) is 5.10 Å². The van der Waals surface area contributed by atoms with E-state index in [1.165, 1.54) is 0 Å². The Labute approximate surface area is 151 Å². The number of azo groups is 2.